The molecule has 2 aliphatic heterocycles. The van der Waals surface area contributed by atoms with E-state index in [4.69, 9.17) is 4.74 Å². The number of imidazole rings is 1. The predicted octanol–water partition coefficient (Wildman–Crippen LogP) is 1.41. The summed E-state index contributed by atoms with van der Waals surface area (Å²) in [6, 6.07) is 0. The average molecular weight is 235 g/mol. The number of hydrogen-bond acceptors (Lipinski definition) is 3. The van der Waals surface area contributed by atoms with E-state index in [-0.39, 0.29) is 0 Å². The third-order valence-corrected chi connectivity index (χ3v) is 3.84. The van der Waals surface area contributed by atoms with Crippen molar-refractivity contribution in [3.05, 3.63) is 17.2 Å². The van der Waals surface area contributed by atoms with Gasteiger partial charge >= 0.3 is 0 Å². The number of hydrogen-bond donors (Lipinski definition) is 1. The normalized spacial score (nSPS) is 24.6. The van der Waals surface area contributed by atoms with Gasteiger partial charge in [0.2, 0.25) is 0 Å². The molecule has 1 aromatic rings. The van der Waals surface area contributed by atoms with Crippen LogP contribution in [-0.2, 0) is 24.2 Å². The number of ether oxygens (including phenoxy) is 1. The summed E-state index contributed by atoms with van der Waals surface area (Å²) >= 11 is 0. The van der Waals surface area contributed by atoms with Gasteiger partial charge in [0.1, 0.15) is 5.82 Å². The topological polar surface area (TPSA) is 39.1 Å². The molecule has 1 fully saturated rings. The van der Waals surface area contributed by atoms with Crippen molar-refractivity contribution in [3.8, 4) is 0 Å². The molecule has 1 N–H and O–H groups in total. The van der Waals surface area contributed by atoms with Gasteiger partial charge in [0.05, 0.1) is 18.3 Å². The Kier molecular flexibility index (Phi) is 3.16. The Morgan fingerprint density at radius 2 is 2.41 bits per heavy atom. The standard InChI is InChI=1S/C13H21N3O/c1-10-15-12-8-14-6-5-13(12)16(10)9-11-4-2-3-7-17-11/h11,14H,2-9H2,1H3. The molecule has 2 aliphatic rings. The first kappa shape index (κ1) is 11.2. The van der Waals surface area contributed by atoms with E-state index >= 15 is 0 Å². The van der Waals surface area contributed by atoms with Crippen molar-refractivity contribution in [3.63, 3.8) is 0 Å². The largest absolute Gasteiger partial charge is 0.376 e. The minimum atomic E-state index is 0.399. The summed E-state index contributed by atoms with van der Waals surface area (Å²) in [5, 5.41) is 3.38. The lowest BCUT2D eigenvalue weighted by atomic mass is 10.1. The van der Waals surface area contributed by atoms with E-state index in [2.05, 4.69) is 21.8 Å². The van der Waals surface area contributed by atoms with E-state index in [0.717, 1.165) is 38.5 Å². The number of aryl methyl sites for hydroxylation is 1. The zero-order valence-electron chi connectivity index (χ0n) is 10.5. The maximum Gasteiger partial charge on any atom is 0.106 e. The van der Waals surface area contributed by atoms with Crippen LogP contribution in [0.2, 0.25) is 0 Å². The molecule has 0 amide bonds. The number of aromatic nitrogens is 2. The van der Waals surface area contributed by atoms with Crippen LogP contribution in [-0.4, -0.2) is 28.8 Å². The van der Waals surface area contributed by atoms with E-state index in [9.17, 15) is 0 Å². The highest BCUT2D eigenvalue weighted by Crippen LogP contribution is 2.20. The summed E-state index contributed by atoms with van der Waals surface area (Å²) in [7, 11) is 0. The fourth-order valence-corrected chi connectivity index (χ4v) is 2.90. The van der Waals surface area contributed by atoms with Gasteiger partial charge in [0, 0.05) is 31.8 Å². The van der Waals surface area contributed by atoms with Gasteiger partial charge in [-0.2, -0.15) is 0 Å². The summed E-state index contributed by atoms with van der Waals surface area (Å²) in [4.78, 5) is 4.66. The lowest BCUT2D eigenvalue weighted by molar-refractivity contribution is 0.00521. The molecule has 0 aliphatic carbocycles. The molecule has 1 atom stereocenters. The Morgan fingerprint density at radius 1 is 1.47 bits per heavy atom. The van der Waals surface area contributed by atoms with Crippen LogP contribution >= 0.6 is 0 Å². The van der Waals surface area contributed by atoms with Crippen molar-refractivity contribution in [2.24, 2.45) is 0 Å². The number of nitrogens with one attached hydrogen (secondary N) is 1. The summed E-state index contributed by atoms with van der Waals surface area (Å²) < 4.78 is 8.21. The Morgan fingerprint density at radius 3 is 3.24 bits per heavy atom. The van der Waals surface area contributed by atoms with Gasteiger partial charge < -0.3 is 14.6 Å². The SMILES string of the molecule is Cc1nc2c(n1CC1CCCCO1)CCNC2. The highest BCUT2D eigenvalue weighted by atomic mass is 16.5. The summed E-state index contributed by atoms with van der Waals surface area (Å²) in [6.45, 7) is 6.04. The molecule has 0 bridgehead atoms. The van der Waals surface area contributed by atoms with E-state index in [1.54, 1.807) is 0 Å². The zero-order chi connectivity index (χ0) is 11.7. The maximum absolute atomic E-state index is 5.83. The van der Waals surface area contributed by atoms with Gasteiger partial charge in [0.15, 0.2) is 0 Å². The minimum absolute atomic E-state index is 0.399. The Hall–Kier alpha value is -0.870. The van der Waals surface area contributed by atoms with Crippen molar-refractivity contribution in [1.29, 1.82) is 0 Å². The molecule has 94 valence electrons. The first-order valence-electron chi connectivity index (χ1n) is 6.72. The summed E-state index contributed by atoms with van der Waals surface area (Å²) in [6.07, 6.45) is 5.23. The predicted molar refractivity (Wildman–Crippen MR) is 66.0 cm³/mol. The van der Waals surface area contributed by atoms with Gasteiger partial charge in [-0.05, 0) is 26.2 Å². The molecular weight excluding hydrogens is 214 g/mol. The second kappa shape index (κ2) is 4.78. The van der Waals surface area contributed by atoms with Crippen molar-refractivity contribution in [2.75, 3.05) is 13.2 Å². The Labute approximate surface area is 102 Å². The van der Waals surface area contributed by atoms with Gasteiger partial charge in [-0.3, -0.25) is 0 Å². The van der Waals surface area contributed by atoms with Crippen molar-refractivity contribution < 1.29 is 4.74 Å². The van der Waals surface area contributed by atoms with Gasteiger partial charge in [-0.15, -0.1) is 0 Å². The lowest BCUT2D eigenvalue weighted by Gasteiger charge is -2.25. The van der Waals surface area contributed by atoms with Crippen LogP contribution in [0.25, 0.3) is 0 Å². The van der Waals surface area contributed by atoms with Crippen molar-refractivity contribution >= 4 is 0 Å². The molecule has 1 unspecified atom stereocenters. The van der Waals surface area contributed by atoms with Gasteiger partial charge in [-0.1, -0.05) is 0 Å². The van der Waals surface area contributed by atoms with E-state index in [1.807, 2.05) is 0 Å². The molecule has 1 aromatic heterocycles. The third-order valence-electron chi connectivity index (χ3n) is 3.84. The fraction of sp³-hybridized carbons (Fsp3) is 0.769. The average Bonchev–Trinajstić information content (AvgIpc) is 2.68. The highest BCUT2D eigenvalue weighted by molar-refractivity contribution is 5.20. The van der Waals surface area contributed by atoms with Crippen LogP contribution < -0.4 is 5.32 Å². The maximum atomic E-state index is 5.83. The molecule has 1 saturated heterocycles. The number of fused-ring (bicyclic) bond motifs is 1. The van der Waals surface area contributed by atoms with Crippen LogP contribution in [0.1, 0.15) is 36.5 Å². The zero-order valence-corrected chi connectivity index (χ0v) is 10.5. The molecule has 0 saturated carbocycles. The number of rotatable bonds is 2. The van der Waals surface area contributed by atoms with Crippen LogP contribution in [0.4, 0.5) is 0 Å². The molecule has 17 heavy (non-hydrogen) atoms. The van der Waals surface area contributed by atoms with E-state index in [0.29, 0.717) is 6.10 Å². The van der Waals surface area contributed by atoms with Crippen LogP contribution in [0.5, 0.6) is 0 Å². The smallest absolute Gasteiger partial charge is 0.106 e. The molecule has 0 aromatic carbocycles. The molecule has 4 heteroatoms. The second-order valence-electron chi connectivity index (χ2n) is 5.08. The first-order chi connectivity index (χ1) is 8.34. The third kappa shape index (κ3) is 2.24. The summed E-state index contributed by atoms with van der Waals surface area (Å²) in [5.41, 5.74) is 2.67. The van der Waals surface area contributed by atoms with Crippen molar-refractivity contribution in [1.82, 2.24) is 14.9 Å². The van der Waals surface area contributed by atoms with Crippen LogP contribution in [0, 0.1) is 6.92 Å². The van der Waals surface area contributed by atoms with Crippen LogP contribution in [0.15, 0.2) is 0 Å². The monoisotopic (exact) mass is 235 g/mol. The minimum Gasteiger partial charge on any atom is -0.376 e. The molecule has 3 rings (SSSR count). The quantitative estimate of drug-likeness (QED) is 0.842. The molecular formula is C13H21N3O. The number of nitrogens with zero attached hydrogens (tertiary/aromatic N) is 2. The molecule has 0 spiro atoms. The highest BCUT2D eigenvalue weighted by Gasteiger charge is 2.21. The Bertz CT molecular complexity index is 394. The summed E-state index contributed by atoms with van der Waals surface area (Å²) in [5.74, 6) is 1.15. The first-order valence-corrected chi connectivity index (χ1v) is 6.72. The van der Waals surface area contributed by atoms with Crippen molar-refractivity contribution in [2.45, 2.75) is 51.8 Å². The van der Waals surface area contributed by atoms with E-state index < -0.39 is 0 Å². The van der Waals surface area contributed by atoms with Crippen LogP contribution in [0.3, 0.4) is 0 Å². The molecule has 3 heterocycles. The lowest BCUT2D eigenvalue weighted by Crippen LogP contribution is -2.29. The van der Waals surface area contributed by atoms with Gasteiger partial charge in [-0.25, -0.2) is 4.98 Å². The Balaban J connectivity index is 1.79. The molecule has 4 nitrogen and oxygen atoms in total. The fourth-order valence-electron chi connectivity index (χ4n) is 2.90. The van der Waals surface area contributed by atoms with Gasteiger partial charge in [0.25, 0.3) is 0 Å². The van der Waals surface area contributed by atoms with E-state index in [1.165, 1.54) is 30.7 Å². The second-order valence-corrected chi connectivity index (χ2v) is 5.08. The molecule has 0 radical (unpaired) electrons.